The van der Waals surface area contributed by atoms with Gasteiger partial charge in [0, 0.05) is 6.42 Å². The largest absolute Gasteiger partial charge is 0.463 e. The minimum absolute atomic E-state index is 0.0618. The summed E-state index contributed by atoms with van der Waals surface area (Å²) in [4.78, 5) is 39.5. The quantitative estimate of drug-likeness (QED) is 0.143. The number of esters is 1. The molecule has 0 saturated carbocycles. The van der Waals surface area contributed by atoms with Gasteiger partial charge in [-0.05, 0) is 42.4 Å². The van der Waals surface area contributed by atoms with Gasteiger partial charge in [0.1, 0.15) is 6.61 Å². The highest BCUT2D eigenvalue weighted by Gasteiger charge is 2.27. The van der Waals surface area contributed by atoms with Crippen molar-refractivity contribution in [3.05, 3.63) is 133 Å². The second-order valence-corrected chi connectivity index (χ2v) is 10.6. The van der Waals surface area contributed by atoms with E-state index in [0.29, 0.717) is 19.3 Å². The molecule has 4 atom stereocenters. The Kier molecular flexibility index (Phi) is 13.9. The fourth-order valence-corrected chi connectivity index (χ4v) is 4.90. The van der Waals surface area contributed by atoms with Crippen molar-refractivity contribution in [3.8, 4) is 0 Å². The van der Waals surface area contributed by atoms with E-state index in [1.807, 2.05) is 91.0 Å². The zero-order chi connectivity index (χ0) is 30.9. The van der Waals surface area contributed by atoms with E-state index in [0.717, 1.165) is 16.7 Å². The molecule has 7 heteroatoms. The summed E-state index contributed by atoms with van der Waals surface area (Å²) in [5.74, 6) is -2.15. The zero-order valence-electron chi connectivity index (χ0n) is 24.6. The Morgan fingerprint density at radius 3 is 1.84 bits per heavy atom. The van der Waals surface area contributed by atoms with Crippen LogP contribution in [0.4, 0.5) is 0 Å². The Bertz CT molecular complexity index is 1300. The molecule has 7 nitrogen and oxygen atoms in total. The lowest BCUT2D eigenvalue weighted by atomic mass is 9.96. The first-order chi connectivity index (χ1) is 20.9. The molecule has 3 aromatic carbocycles. The highest BCUT2D eigenvalue weighted by molar-refractivity contribution is 5.86. The molecule has 0 heterocycles. The lowest BCUT2D eigenvalue weighted by Crippen LogP contribution is -2.42. The van der Waals surface area contributed by atoms with E-state index in [9.17, 15) is 19.5 Å². The summed E-state index contributed by atoms with van der Waals surface area (Å²) in [6.07, 6.45) is 4.96. The van der Waals surface area contributed by atoms with Gasteiger partial charge < -0.3 is 20.5 Å². The monoisotopic (exact) mass is 582 g/mol. The molecule has 0 spiro atoms. The van der Waals surface area contributed by atoms with E-state index in [1.54, 1.807) is 12.2 Å². The van der Waals surface area contributed by atoms with Crippen molar-refractivity contribution in [1.29, 1.82) is 0 Å². The maximum absolute atomic E-state index is 13.5. The van der Waals surface area contributed by atoms with Crippen LogP contribution in [0.15, 0.2) is 116 Å². The fraction of sp³-hybridized carbons (Fsp3) is 0.306. The number of rotatable bonds is 18. The average molecular weight is 583 g/mol. The molecule has 0 radical (unpaired) electrons. The van der Waals surface area contributed by atoms with Crippen LogP contribution in [0.25, 0.3) is 0 Å². The number of hydrogen-bond donors (Lipinski definition) is 3. The lowest BCUT2D eigenvalue weighted by Gasteiger charge is -2.24. The number of ether oxygens (including phenoxy) is 1. The third-order valence-corrected chi connectivity index (χ3v) is 7.18. The normalized spacial score (nSPS) is 13.5. The Balaban J connectivity index is 1.65. The summed E-state index contributed by atoms with van der Waals surface area (Å²) in [5, 5.41) is 15.7. The summed E-state index contributed by atoms with van der Waals surface area (Å²) < 4.78 is 5.76. The molecule has 0 aliphatic rings. The number of benzene rings is 3. The van der Waals surface area contributed by atoms with Crippen LogP contribution in [-0.2, 0) is 32.0 Å². The van der Waals surface area contributed by atoms with Crippen LogP contribution in [0.5, 0.6) is 0 Å². The van der Waals surface area contributed by atoms with E-state index in [2.05, 4.69) is 23.8 Å². The predicted molar refractivity (Wildman–Crippen MR) is 169 cm³/mol. The highest BCUT2D eigenvalue weighted by Crippen LogP contribution is 2.20. The maximum atomic E-state index is 13.5. The van der Waals surface area contributed by atoms with Crippen molar-refractivity contribution in [2.75, 3.05) is 13.2 Å². The van der Waals surface area contributed by atoms with Gasteiger partial charge >= 0.3 is 5.97 Å². The van der Waals surface area contributed by atoms with Gasteiger partial charge in [-0.2, -0.15) is 0 Å². The molecule has 43 heavy (non-hydrogen) atoms. The van der Waals surface area contributed by atoms with Crippen molar-refractivity contribution < 1.29 is 24.2 Å². The Morgan fingerprint density at radius 1 is 0.744 bits per heavy atom. The van der Waals surface area contributed by atoms with Crippen molar-refractivity contribution >= 4 is 17.8 Å². The molecule has 0 bridgehead atoms. The van der Waals surface area contributed by atoms with Crippen LogP contribution < -0.4 is 10.6 Å². The first-order valence-corrected chi connectivity index (χ1v) is 14.6. The van der Waals surface area contributed by atoms with Gasteiger partial charge in [-0.15, -0.1) is 13.2 Å². The Labute approximate surface area is 254 Å². The van der Waals surface area contributed by atoms with Gasteiger partial charge in [0.25, 0.3) is 0 Å². The standard InChI is InChI=1S/C36H42N2O5/c1-3-14-30(24-34(40)37-32(25-39)23-28-18-10-6-11-19-28)35(41)38-33(29-20-12-7-13-21-29)26-43-36(42)31(15-4-2)22-27-16-8-5-9-17-27/h3-13,16-21,30-33,39H,1-2,14-15,22-26H2,(H,37,40)(H,38,41)/t30-,31-,32-,33+/m1/s1. The van der Waals surface area contributed by atoms with Crippen LogP contribution in [0, 0.1) is 11.8 Å². The van der Waals surface area contributed by atoms with Gasteiger partial charge in [-0.3, -0.25) is 14.4 Å². The maximum Gasteiger partial charge on any atom is 0.309 e. The molecule has 0 fully saturated rings. The van der Waals surface area contributed by atoms with Gasteiger partial charge in [0.2, 0.25) is 11.8 Å². The third-order valence-electron chi connectivity index (χ3n) is 7.18. The highest BCUT2D eigenvalue weighted by atomic mass is 16.5. The second kappa shape index (κ2) is 18.1. The summed E-state index contributed by atoms with van der Waals surface area (Å²) >= 11 is 0. The smallest absolute Gasteiger partial charge is 0.309 e. The number of carbonyl (C=O) groups excluding carboxylic acids is 3. The molecular weight excluding hydrogens is 540 g/mol. The fourth-order valence-electron chi connectivity index (χ4n) is 4.90. The Hall–Kier alpha value is -4.49. The van der Waals surface area contributed by atoms with Crippen molar-refractivity contribution in [2.24, 2.45) is 11.8 Å². The number of nitrogens with one attached hydrogen (secondary N) is 2. The SMILES string of the molecule is C=CC[C@H](CC(=O)N[C@@H](CO)Cc1ccccc1)C(=O)N[C@@H](COC(=O)[C@H](CC=C)Cc1ccccc1)c1ccccc1. The molecule has 0 aliphatic heterocycles. The summed E-state index contributed by atoms with van der Waals surface area (Å²) in [7, 11) is 0. The van der Waals surface area contributed by atoms with Crippen LogP contribution in [-0.4, -0.2) is 42.1 Å². The van der Waals surface area contributed by atoms with Crippen LogP contribution in [0.2, 0.25) is 0 Å². The molecule has 2 amide bonds. The molecule has 0 saturated heterocycles. The molecule has 3 N–H and O–H groups in total. The minimum Gasteiger partial charge on any atom is -0.463 e. The van der Waals surface area contributed by atoms with E-state index < -0.39 is 23.9 Å². The van der Waals surface area contributed by atoms with Gasteiger partial charge in [0.15, 0.2) is 0 Å². The van der Waals surface area contributed by atoms with E-state index in [4.69, 9.17) is 4.74 Å². The first-order valence-electron chi connectivity index (χ1n) is 14.6. The topological polar surface area (TPSA) is 105 Å². The minimum atomic E-state index is -0.693. The molecular formula is C36H42N2O5. The van der Waals surface area contributed by atoms with Crippen molar-refractivity contribution in [2.45, 2.75) is 44.2 Å². The van der Waals surface area contributed by atoms with Crippen LogP contribution >= 0.6 is 0 Å². The third kappa shape index (κ3) is 11.4. The van der Waals surface area contributed by atoms with E-state index >= 15 is 0 Å². The number of amides is 2. The van der Waals surface area contributed by atoms with E-state index in [1.165, 1.54) is 0 Å². The summed E-state index contributed by atoms with van der Waals surface area (Å²) in [6, 6.07) is 27.5. The molecule has 3 aromatic rings. The van der Waals surface area contributed by atoms with Crippen LogP contribution in [0.3, 0.4) is 0 Å². The second-order valence-electron chi connectivity index (χ2n) is 10.6. The molecule has 3 rings (SSSR count). The zero-order valence-corrected chi connectivity index (χ0v) is 24.6. The predicted octanol–water partition coefficient (Wildman–Crippen LogP) is 5.12. The van der Waals surface area contributed by atoms with Gasteiger partial charge in [-0.25, -0.2) is 0 Å². The number of carbonyl (C=O) groups is 3. The van der Waals surface area contributed by atoms with Gasteiger partial charge in [-0.1, -0.05) is 103 Å². The van der Waals surface area contributed by atoms with Gasteiger partial charge in [0.05, 0.1) is 30.5 Å². The number of hydrogen-bond acceptors (Lipinski definition) is 5. The average Bonchev–Trinajstić information content (AvgIpc) is 3.03. The molecule has 226 valence electrons. The first kappa shape index (κ1) is 33.0. The Morgan fingerprint density at radius 2 is 1.28 bits per heavy atom. The molecule has 0 aromatic heterocycles. The number of aliphatic hydroxyl groups is 1. The number of aliphatic hydroxyl groups excluding tert-OH is 1. The van der Waals surface area contributed by atoms with Crippen molar-refractivity contribution in [3.63, 3.8) is 0 Å². The number of allylic oxidation sites excluding steroid dienone is 2. The summed E-state index contributed by atoms with van der Waals surface area (Å²) in [5.41, 5.74) is 2.79. The van der Waals surface area contributed by atoms with Crippen LogP contribution in [0.1, 0.15) is 42.0 Å². The van der Waals surface area contributed by atoms with Crippen molar-refractivity contribution in [1.82, 2.24) is 10.6 Å². The lowest BCUT2D eigenvalue weighted by molar-refractivity contribution is -0.150. The van der Waals surface area contributed by atoms with E-state index in [-0.39, 0.29) is 43.8 Å². The molecule has 0 unspecified atom stereocenters. The summed E-state index contributed by atoms with van der Waals surface area (Å²) in [6.45, 7) is 7.27. The molecule has 0 aliphatic carbocycles.